The number of carbonyl (C=O) groups is 2. The fourth-order valence-corrected chi connectivity index (χ4v) is 1.08. The van der Waals surface area contributed by atoms with Crippen LogP contribution in [0.3, 0.4) is 0 Å². The molecule has 6 heteroatoms. The largest absolute Gasteiger partial charge is 0.468 e. The first-order chi connectivity index (χ1) is 7.15. The highest BCUT2D eigenvalue weighted by Gasteiger charge is 2.11. The number of hydrogen-bond acceptors (Lipinski definition) is 4. The molecule has 1 rings (SSSR count). The number of hydrogen-bond donors (Lipinski definition) is 1. The minimum atomic E-state index is -0.525. The molecular formula is C9H9ClN2O3. The third kappa shape index (κ3) is 3.21. The van der Waals surface area contributed by atoms with Crippen LogP contribution in [-0.4, -0.2) is 30.5 Å². The van der Waals surface area contributed by atoms with E-state index < -0.39 is 11.9 Å². The molecule has 1 heterocycles. The first-order valence-electron chi connectivity index (χ1n) is 4.10. The van der Waals surface area contributed by atoms with Crippen LogP contribution >= 0.6 is 11.6 Å². The lowest BCUT2D eigenvalue weighted by Gasteiger charge is -2.04. The summed E-state index contributed by atoms with van der Waals surface area (Å²) in [6, 6.07) is 3.10. The van der Waals surface area contributed by atoms with Gasteiger partial charge in [-0.3, -0.25) is 9.59 Å². The van der Waals surface area contributed by atoms with Crippen molar-refractivity contribution in [2.24, 2.45) is 0 Å². The van der Waals surface area contributed by atoms with Crippen LogP contribution < -0.4 is 5.32 Å². The van der Waals surface area contributed by atoms with Gasteiger partial charge in [-0.05, 0) is 12.1 Å². The average Bonchev–Trinajstić information content (AvgIpc) is 2.26. The zero-order valence-electron chi connectivity index (χ0n) is 7.99. The van der Waals surface area contributed by atoms with Crippen LogP contribution in [0.5, 0.6) is 0 Å². The monoisotopic (exact) mass is 228 g/mol. The van der Waals surface area contributed by atoms with Crippen LogP contribution in [-0.2, 0) is 9.53 Å². The van der Waals surface area contributed by atoms with Crippen molar-refractivity contribution in [3.8, 4) is 0 Å². The van der Waals surface area contributed by atoms with Crippen LogP contribution in [0.15, 0.2) is 18.3 Å². The number of amides is 1. The summed E-state index contributed by atoms with van der Waals surface area (Å²) in [6.45, 7) is -0.194. The summed E-state index contributed by atoms with van der Waals surface area (Å²) in [5, 5.41) is 2.45. The predicted octanol–water partition coefficient (Wildman–Crippen LogP) is 0.638. The van der Waals surface area contributed by atoms with Crippen molar-refractivity contribution in [1.29, 1.82) is 0 Å². The fraction of sp³-hybridized carbons (Fsp3) is 0.222. The van der Waals surface area contributed by atoms with E-state index in [4.69, 9.17) is 11.6 Å². The number of pyridine rings is 1. The minimum absolute atomic E-state index is 0.0971. The van der Waals surface area contributed by atoms with E-state index in [1.165, 1.54) is 19.4 Å². The van der Waals surface area contributed by atoms with Gasteiger partial charge >= 0.3 is 5.97 Å². The highest BCUT2D eigenvalue weighted by molar-refractivity contribution is 6.32. The van der Waals surface area contributed by atoms with E-state index in [1.807, 2.05) is 0 Å². The Morgan fingerprint density at radius 2 is 2.33 bits per heavy atom. The molecule has 0 aliphatic carbocycles. The summed E-state index contributed by atoms with van der Waals surface area (Å²) in [6.07, 6.45) is 1.47. The topological polar surface area (TPSA) is 68.3 Å². The molecule has 1 amide bonds. The SMILES string of the molecule is COC(=O)CNC(=O)c1cccnc1Cl. The molecule has 0 bridgehead atoms. The van der Waals surface area contributed by atoms with Crippen molar-refractivity contribution in [3.05, 3.63) is 29.0 Å². The van der Waals surface area contributed by atoms with Crippen molar-refractivity contribution >= 4 is 23.5 Å². The molecule has 0 fully saturated rings. The molecule has 0 unspecified atom stereocenters. The van der Waals surface area contributed by atoms with Gasteiger partial charge in [-0.1, -0.05) is 11.6 Å². The first kappa shape index (κ1) is 11.5. The minimum Gasteiger partial charge on any atom is -0.468 e. The van der Waals surface area contributed by atoms with E-state index >= 15 is 0 Å². The molecule has 1 N–H and O–H groups in total. The van der Waals surface area contributed by atoms with Crippen LogP contribution in [0.1, 0.15) is 10.4 Å². The Morgan fingerprint density at radius 3 is 2.93 bits per heavy atom. The molecule has 0 spiro atoms. The number of aromatic nitrogens is 1. The summed E-state index contributed by atoms with van der Waals surface area (Å²) in [4.78, 5) is 25.9. The molecule has 1 aromatic rings. The lowest BCUT2D eigenvalue weighted by molar-refractivity contribution is -0.139. The van der Waals surface area contributed by atoms with E-state index in [2.05, 4.69) is 15.0 Å². The maximum absolute atomic E-state index is 11.4. The van der Waals surface area contributed by atoms with Crippen molar-refractivity contribution in [2.45, 2.75) is 0 Å². The second kappa shape index (κ2) is 5.31. The van der Waals surface area contributed by atoms with E-state index in [0.29, 0.717) is 0 Å². The van der Waals surface area contributed by atoms with Gasteiger partial charge in [0, 0.05) is 6.20 Å². The quantitative estimate of drug-likeness (QED) is 0.609. The zero-order chi connectivity index (χ0) is 11.3. The molecule has 0 aromatic carbocycles. The van der Waals surface area contributed by atoms with Gasteiger partial charge in [0.2, 0.25) is 0 Å². The van der Waals surface area contributed by atoms with Gasteiger partial charge in [-0.15, -0.1) is 0 Å². The van der Waals surface area contributed by atoms with Gasteiger partial charge in [0.05, 0.1) is 12.7 Å². The molecular weight excluding hydrogens is 220 g/mol. The van der Waals surface area contributed by atoms with Crippen molar-refractivity contribution in [3.63, 3.8) is 0 Å². The van der Waals surface area contributed by atoms with E-state index in [1.54, 1.807) is 6.07 Å². The maximum atomic E-state index is 11.4. The lowest BCUT2D eigenvalue weighted by atomic mass is 10.3. The number of ether oxygens (including phenoxy) is 1. The van der Waals surface area contributed by atoms with Crippen LogP contribution in [0.4, 0.5) is 0 Å². The van der Waals surface area contributed by atoms with Crippen molar-refractivity contribution in [2.75, 3.05) is 13.7 Å². The number of esters is 1. The highest BCUT2D eigenvalue weighted by Crippen LogP contribution is 2.10. The summed E-state index contributed by atoms with van der Waals surface area (Å²) >= 11 is 5.68. The Balaban J connectivity index is 2.62. The number of methoxy groups -OCH3 is 1. The normalized spacial score (nSPS) is 9.47. The van der Waals surface area contributed by atoms with E-state index in [0.717, 1.165) is 0 Å². The zero-order valence-corrected chi connectivity index (χ0v) is 8.75. The predicted molar refractivity (Wildman–Crippen MR) is 53.6 cm³/mol. The number of halogens is 1. The second-order valence-electron chi connectivity index (χ2n) is 2.60. The standard InChI is InChI=1S/C9H9ClN2O3/c1-15-7(13)5-12-9(14)6-3-2-4-11-8(6)10/h2-4H,5H2,1H3,(H,12,14). The molecule has 15 heavy (non-hydrogen) atoms. The first-order valence-corrected chi connectivity index (χ1v) is 4.48. The van der Waals surface area contributed by atoms with E-state index in [9.17, 15) is 9.59 Å². The summed E-state index contributed by atoms with van der Waals surface area (Å²) in [7, 11) is 1.24. The summed E-state index contributed by atoms with van der Waals surface area (Å²) in [5.41, 5.74) is 0.225. The van der Waals surface area contributed by atoms with Crippen molar-refractivity contribution in [1.82, 2.24) is 10.3 Å². The Kier molecular flexibility index (Phi) is 4.05. The Hall–Kier alpha value is -1.62. The van der Waals surface area contributed by atoms with E-state index in [-0.39, 0.29) is 17.3 Å². The molecule has 5 nitrogen and oxygen atoms in total. The maximum Gasteiger partial charge on any atom is 0.325 e. The van der Waals surface area contributed by atoms with Gasteiger partial charge in [0.25, 0.3) is 5.91 Å². The smallest absolute Gasteiger partial charge is 0.325 e. The Bertz CT molecular complexity index is 381. The van der Waals surface area contributed by atoms with Crippen molar-refractivity contribution < 1.29 is 14.3 Å². The third-order valence-electron chi connectivity index (χ3n) is 1.62. The molecule has 0 radical (unpaired) electrons. The molecule has 0 aliphatic rings. The average molecular weight is 229 g/mol. The lowest BCUT2D eigenvalue weighted by Crippen LogP contribution is -2.30. The molecule has 0 saturated carbocycles. The van der Waals surface area contributed by atoms with Gasteiger partial charge in [0.1, 0.15) is 11.7 Å². The molecule has 0 aliphatic heterocycles. The Labute approximate surface area is 91.4 Å². The molecule has 80 valence electrons. The summed E-state index contributed by atoms with van der Waals surface area (Å²) in [5.74, 6) is -0.984. The van der Waals surface area contributed by atoms with Gasteiger partial charge in [0.15, 0.2) is 0 Å². The van der Waals surface area contributed by atoms with Gasteiger partial charge in [-0.25, -0.2) is 4.98 Å². The summed E-state index contributed by atoms with van der Waals surface area (Å²) < 4.78 is 4.36. The van der Waals surface area contributed by atoms with Gasteiger partial charge in [-0.2, -0.15) is 0 Å². The fourth-order valence-electron chi connectivity index (χ4n) is 0.875. The number of carbonyl (C=O) groups excluding carboxylic acids is 2. The van der Waals surface area contributed by atoms with Crippen LogP contribution in [0, 0.1) is 0 Å². The second-order valence-corrected chi connectivity index (χ2v) is 2.96. The number of nitrogens with one attached hydrogen (secondary N) is 1. The molecule has 0 atom stereocenters. The Morgan fingerprint density at radius 1 is 1.60 bits per heavy atom. The van der Waals surface area contributed by atoms with Crippen LogP contribution in [0.2, 0.25) is 5.15 Å². The number of rotatable bonds is 3. The highest BCUT2D eigenvalue weighted by atomic mass is 35.5. The van der Waals surface area contributed by atoms with Gasteiger partial charge < -0.3 is 10.1 Å². The third-order valence-corrected chi connectivity index (χ3v) is 1.93. The number of nitrogens with zero attached hydrogens (tertiary/aromatic N) is 1. The molecule has 0 saturated heterocycles. The molecule has 1 aromatic heterocycles. The van der Waals surface area contributed by atoms with Crippen LogP contribution in [0.25, 0.3) is 0 Å².